The second kappa shape index (κ2) is 11.6. The van der Waals surface area contributed by atoms with Crippen LogP contribution < -0.4 is 16.4 Å². The number of nitrogens with one attached hydrogen (secondary N) is 2. The zero-order valence-corrected chi connectivity index (χ0v) is 19.3. The Kier molecular flexibility index (Phi) is 8.53. The fourth-order valence-electron chi connectivity index (χ4n) is 3.23. The van der Waals surface area contributed by atoms with Gasteiger partial charge in [0, 0.05) is 6.20 Å². The molecule has 3 rings (SSSR count). The molecule has 0 fully saturated rings. The zero-order valence-electron chi connectivity index (χ0n) is 19.3. The molecule has 180 valence electrons. The predicted molar refractivity (Wildman–Crippen MR) is 129 cm³/mol. The molecule has 3 aromatic rings. The van der Waals surface area contributed by atoms with Crippen LogP contribution >= 0.6 is 0 Å². The quantitative estimate of drug-likeness (QED) is 0.342. The van der Waals surface area contributed by atoms with Gasteiger partial charge in [0.15, 0.2) is 5.82 Å². The molecule has 5 N–H and O–H groups in total. The van der Waals surface area contributed by atoms with E-state index in [-0.39, 0.29) is 31.7 Å². The standard InChI is InChI=1S/C25H31N5O4/c1-25(2,26)24(33)28-20(16-34-15-18-9-5-3-6-10-18)23(32)29-22-13-30(17-27-22)21(14-31)19-11-7-4-8-12-19/h3-13,17,20-21,31H,14-16,26H2,1-2H3,(H,28,33)(H,29,32)/t20-,21?/m1/s1. The number of hydrogen-bond acceptors (Lipinski definition) is 6. The minimum absolute atomic E-state index is 0.0491. The first-order valence-electron chi connectivity index (χ1n) is 11.0. The van der Waals surface area contributed by atoms with Crippen LogP contribution in [0.2, 0.25) is 0 Å². The van der Waals surface area contributed by atoms with Crippen molar-refractivity contribution in [3.05, 3.63) is 84.3 Å². The average Bonchev–Trinajstić information content (AvgIpc) is 3.27. The number of nitrogens with zero attached hydrogens (tertiary/aromatic N) is 2. The summed E-state index contributed by atoms with van der Waals surface area (Å²) in [5, 5.41) is 15.2. The average molecular weight is 466 g/mol. The second-order valence-electron chi connectivity index (χ2n) is 8.55. The van der Waals surface area contributed by atoms with E-state index in [2.05, 4.69) is 15.6 Å². The molecule has 0 aliphatic carbocycles. The predicted octanol–water partition coefficient (Wildman–Crippen LogP) is 1.84. The summed E-state index contributed by atoms with van der Waals surface area (Å²) in [6, 6.07) is 17.7. The molecule has 1 unspecified atom stereocenters. The van der Waals surface area contributed by atoms with Gasteiger partial charge in [0.2, 0.25) is 5.91 Å². The highest BCUT2D eigenvalue weighted by atomic mass is 16.5. The van der Waals surface area contributed by atoms with E-state index >= 15 is 0 Å². The summed E-state index contributed by atoms with van der Waals surface area (Å²) in [5.41, 5.74) is 6.57. The summed E-state index contributed by atoms with van der Waals surface area (Å²) in [4.78, 5) is 29.7. The molecule has 0 spiro atoms. The van der Waals surface area contributed by atoms with Crippen molar-refractivity contribution in [3.8, 4) is 0 Å². The number of imidazole rings is 1. The van der Waals surface area contributed by atoms with Gasteiger partial charge in [-0.25, -0.2) is 4.98 Å². The SMILES string of the molecule is CC(C)(N)C(=O)N[C@H](COCc1ccccc1)C(=O)Nc1cn(C(CO)c2ccccc2)cn1. The maximum Gasteiger partial charge on any atom is 0.250 e. The lowest BCUT2D eigenvalue weighted by Crippen LogP contribution is -2.56. The van der Waals surface area contributed by atoms with Crippen LogP contribution in [-0.2, 0) is 20.9 Å². The van der Waals surface area contributed by atoms with Crippen LogP contribution in [0.15, 0.2) is 73.2 Å². The minimum Gasteiger partial charge on any atom is -0.394 e. The topological polar surface area (TPSA) is 132 Å². The molecular formula is C25H31N5O4. The Morgan fingerprint density at radius 2 is 1.76 bits per heavy atom. The van der Waals surface area contributed by atoms with Gasteiger partial charge in [0.05, 0.1) is 37.7 Å². The lowest BCUT2D eigenvalue weighted by atomic mass is 10.1. The summed E-state index contributed by atoms with van der Waals surface area (Å²) in [5.74, 6) is -0.684. The van der Waals surface area contributed by atoms with Crippen LogP contribution in [-0.4, -0.2) is 51.3 Å². The molecule has 9 heteroatoms. The minimum atomic E-state index is -1.16. The first-order chi connectivity index (χ1) is 16.3. The summed E-state index contributed by atoms with van der Waals surface area (Å²) in [7, 11) is 0. The van der Waals surface area contributed by atoms with Gasteiger partial charge in [-0.05, 0) is 25.0 Å². The van der Waals surface area contributed by atoms with Crippen LogP contribution in [0.4, 0.5) is 5.82 Å². The summed E-state index contributed by atoms with van der Waals surface area (Å²) < 4.78 is 7.41. The number of aliphatic hydroxyl groups excluding tert-OH is 1. The Balaban J connectivity index is 1.68. The highest BCUT2D eigenvalue weighted by molar-refractivity contribution is 5.98. The van der Waals surface area contributed by atoms with Crippen LogP contribution in [0.5, 0.6) is 0 Å². The maximum absolute atomic E-state index is 13.0. The van der Waals surface area contributed by atoms with Gasteiger partial charge in [0.1, 0.15) is 6.04 Å². The third-order valence-electron chi connectivity index (χ3n) is 5.17. The van der Waals surface area contributed by atoms with Crippen molar-refractivity contribution in [2.45, 2.75) is 38.1 Å². The third kappa shape index (κ3) is 6.98. The number of aliphatic hydroxyl groups is 1. The molecule has 0 aliphatic rings. The van der Waals surface area contributed by atoms with Gasteiger partial charge in [-0.1, -0.05) is 60.7 Å². The van der Waals surface area contributed by atoms with Crippen molar-refractivity contribution >= 4 is 17.6 Å². The number of carbonyl (C=O) groups excluding carboxylic acids is 2. The van der Waals surface area contributed by atoms with Crippen molar-refractivity contribution in [2.24, 2.45) is 5.73 Å². The largest absolute Gasteiger partial charge is 0.394 e. The Morgan fingerprint density at radius 3 is 2.38 bits per heavy atom. The van der Waals surface area contributed by atoms with Gasteiger partial charge >= 0.3 is 0 Å². The van der Waals surface area contributed by atoms with E-state index < -0.39 is 23.4 Å². The van der Waals surface area contributed by atoms with Crippen molar-refractivity contribution in [1.29, 1.82) is 0 Å². The number of aromatic nitrogens is 2. The zero-order chi connectivity index (χ0) is 24.6. The Labute approximate surface area is 199 Å². The number of benzene rings is 2. The summed E-state index contributed by atoms with van der Waals surface area (Å²) in [6.07, 6.45) is 3.16. The molecule has 0 saturated carbocycles. The van der Waals surface area contributed by atoms with Crippen LogP contribution in [0.3, 0.4) is 0 Å². The number of amides is 2. The molecular weight excluding hydrogens is 434 g/mol. The number of hydrogen-bond donors (Lipinski definition) is 4. The molecule has 2 aromatic carbocycles. The Hall–Kier alpha value is -3.53. The lowest BCUT2D eigenvalue weighted by molar-refractivity contribution is -0.130. The number of rotatable bonds is 11. The highest BCUT2D eigenvalue weighted by Gasteiger charge is 2.28. The fraction of sp³-hybridized carbons (Fsp3) is 0.320. The summed E-state index contributed by atoms with van der Waals surface area (Å²) in [6.45, 7) is 3.22. The second-order valence-corrected chi connectivity index (χ2v) is 8.55. The molecule has 0 saturated heterocycles. The summed E-state index contributed by atoms with van der Waals surface area (Å²) >= 11 is 0. The number of carbonyl (C=O) groups is 2. The van der Waals surface area contributed by atoms with E-state index in [1.807, 2.05) is 60.7 Å². The van der Waals surface area contributed by atoms with Gasteiger partial charge in [-0.3, -0.25) is 9.59 Å². The molecule has 9 nitrogen and oxygen atoms in total. The van der Waals surface area contributed by atoms with Gasteiger partial charge < -0.3 is 30.8 Å². The van der Waals surface area contributed by atoms with Gasteiger partial charge in [-0.2, -0.15) is 0 Å². The van der Waals surface area contributed by atoms with E-state index in [4.69, 9.17) is 10.5 Å². The number of ether oxygens (including phenoxy) is 1. The molecule has 1 heterocycles. The van der Waals surface area contributed by atoms with Crippen molar-refractivity contribution in [1.82, 2.24) is 14.9 Å². The van der Waals surface area contributed by atoms with Crippen molar-refractivity contribution in [2.75, 3.05) is 18.5 Å². The first kappa shape index (κ1) is 25.1. The molecule has 0 aliphatic heterocycles. The molecule has 0 bridgehead atoms. The van der Waals surface area contributed by atoms with Crippen molar-refractivity contribution < 1.29 is 19.4 Å². The van der Waals surface area contributed by atoms with Crippen LogP contribution in [0.25, 0.3) is 0 Å². The molecule has 2 atom stereocenters. The van der Waals surface area contributed by atoms with E-state index in [1.54, 1.807) is 24.6 Å². The number of anilines is 1. The van der Waals surface area contributed by atoms with Crippen LogP contribution in [0, 0.1) is 0 Å². The van der Waals surface area contributed by atoms with Crippen molar-refractivity contribution in [3.63, 3.8) is 0 Å². The molecule has 2 amide bonds. The number of nitrogens with two attached hydrogens (primary N) is 1. The monoisotopic (exact) mass is 465 g/mol. The molecule has 1 aromatic heterocycles. The van der Waals surface area contributed by atoms with E-state index in [9.17, 15) is 14.7 Å². The fourth-order valence-corrected chi connectivity index (χ4v) is 3.23. The Morgan fingerprint density at radius 1 is 1.12 bits per heavy atom. The normalized spacial score (nSPS) is 13.2. The van der Waals surface area contributed by atoms with Gasteiger partial charge in [0.25, 0.3) is 5.91 Å². The highest BCUT2D eigenvalue weighted by Crippen LogP contribution is 2.19. The van der Waals surface area contributed by atoms with E-state index in [0.717, 1.165) is 11.1 Å². The maximum atomic E-state index is 13.0. The van der Waals surface area contributed by atoms with Crippen LogP contribution in [0.1, 0.15) is 31.0 Å². The van der Waals surface area contributed by atoms with E-state index in [0.29, 0.717) is 0 Å². The molecule has 34 heavy (non-hydrogen) atoms. The first-order valence-corrected chi connectivity index (χ1v) is 11.0. The molecule has 0 radical (unpaired) electrons. The smallest absolute Gasteiger partial charge is 0.250 e. The van der Waals surface area contributed by atoms with Gasteiger partial charge in [-0.15, -0.1) is 0 Å². The van der Waals surface area contributed by atoms with E-state index in [1.165, 1.54) is 6.33 Å². The Bertz CT molecular complexity index is 1060. The lowest BCUT2D eigenvalue weighted by Gasteiger charge is -2.23. The third-order valence-corrected chi connectivity index (χ3v) is 5.17.